The van der Waals surface area contributed by atoms with Crippen LogP contribution in [0.1, 0.15) is 23.5 Å². The molecule has 0 spiro atoms. The Morgan fingerprint density at radius 2 is 1.58 bits per heavy atom. The smallest absolute Gasteiger partial charge is 0.232 e. The van der Waals surface area contributed by atoms with Crippen molar-refractivity contribution in [3.63, 3.8) is 0 Å². The minimum Gasteiger partial charge on any atom is -0.493 e. The van der Waals surface area contributed by atoms with Gasteiger partial charge in [-0.05, 0) is 24.3 Å². The fraction of sp³-hybridized carbons (Fsp3) is 0.231. The maximum absolute atomic E-state index is 13.5. The number of hydrogen-bond donors (Lipinski definition) is 1. The van der Waals surface area contributed by atoms with E-state index in [4.69, 9.17) is 14.2 Å². The molecule has 0 saturated carbocycles. The van der Waals surface area contributed by atoms with E-state index in [1.165, 1.54) is 0 Å². The topological polar surface area (TPSA) is 77.1 Å². The van der Waals surface area contributed by atoms with E-state index in [0.717, 1.165) is 11.1 Å². The van der Waals surface area contributed by atoms with Gasteiger partial charge in [0.2, 0.25) is 11.8 Å². The monoisotopic (exact) mass is 444 g/mol. The molecule has 1 atom stereocenters. The van der Waals surface area contributed by atoms with E-state index in [2.05, 4.69) is 5.32 Å². The van der Waals surface area contributed by atoms with Crippen LogP contribution in [0.4, 0.5) is 5.69 Å². The van der Waals surface area contributed by atoms with Crippen molar-refractivity contribution in [2.45, 2.75) is 18.4 Å². The predicted octanol–water partition coefficient (Wildman–Crippen LogP) is 3.86. The minimum absolute atomic E-state index is 0.0553. The van der Waals surface area contributed by atoms with Gasteiger partial charge in [0.05, 0.1) is 26.2 Å². The van der Waals surface area contributed by atoms with Gasteiger partial charge < -0.3 is 24.4 Å². The third-order valence-corrected chi connectivity index (χ3v) is 6.09. The number of nitrogens with one attached hydrogen (secondary N) is 1. The summed E-state index contributed by atoms with van der Waals surface area (Å²) in [4.78, 5) is 27.9. The minimum atomic E-state index is -0.503. The van der Waals surface area contributed by atoms with E-state index in [9.17, 15) is 9.59 Å². The molecule has 0 unspecified atom stereocenters. The van der Waals surface area contributed by atoms with Crippen molar-refractivity contribution in [2.75, 3.05) is 25.7 Å². The Labute approximate surface area is 191 Å². The first kappa shape index (κ1) is 20.9. The molecule has 3 aromatic rings. The standard InChI is InChI=1S/C26H24N2O5/c1-31-22-12-11-17(14-23(22)32-2)28-15-16(13-24(28)29)27-26(30)25-18-7-3-5-9-20(18)33-21-10-6-4-8-19(21)25/h3-12,14,16,25H,13,15H2,1-2H3,(H,27,30)/t16-/m0/s1. The average Bonchev–Trinajstić information content (AvgIpc) is 3.21. The van der Waals surface area contributed by atoms with E-state index in [0.29, 0.717) is 35.2 Å². The van der Waals surface area contributed by atoms with Crippen molar-refractivity contribution in [3.05, 3.63) is 77.9 Å². The van der Waals surface area contributed by atoms with Crippen LogP contribution < -0.4 is 24.4 Å². The van der Waals surface area contributed by atoms with Crippen molar-refractivity contribution in [1.82, 2.24) is 5.32 Å². The molecule has 0 radical (unpaired) electrons. The van der Waals surface area contributed by atoms with Gasteiger partial charge in [0.1, 0.15) is 11.5 Å². The molecule has 2 aliphatic heterocycles. The lowest BCUT2D eigenvalue weighted by molar-refractivity contribution is -0.122. The van der Waals surface area contributed by atoms with Gasteiger partial charge in [-0.1, -0.05) is 36.4 Å². The maximum Gasteiger partial charge on any atom is 0.232 e. The number of amides is 2. The Morgan fingerprint density at radius 1 is 0.939 bits per heavy atom. The molecule has 7 heteroatoms. The van der Waals surface area contributed by atoms with E-state index in [1.807, 2.05) is 54.6 Å². The number of nitrogens with zero attached hydrogens (tertiary/aromatic N) is 1. The van der Waals surface area contributed by atoms with Crippen LogP contribution >= 0.6 is 0 Å². The molecule has 2 amide bonds. The number of carbonyl (C=O) groups is 2. The van der Waals surface area contributed by atoms with Crippen LogP contribution in [0.2, 0.25) is 0 Å². The lowest BCUT2D eigenvalue weighted by Crippen LogP contribution is -2.40. The normalized spacial score (nSPS) is 17.1. The van der Waals surface area contributed by atoms with Gasteiger partial charge in [-0.3, -0.25) is 9.59 Å². The van der Waals surface area contributed by atoms with Gasteiger partial charge in [-0.2, -0.15) is 0 Å². The number of rotatable bonds is 5. The number of methoxy groups -OCH3 is 2. The number of anilines is 1. The van der Waals surface area contributed by atoms with Crippen LogP contribution in [0.25, 0.3) is 0 Å². The third kappa shape index (κ3) is 3.75. The van der Waals surface area contributed by atoms with E-state index in [1.54, 1.807) is 31.3 Å². The lowest BCUT2D eigenvalue weighted by Gasteiger charge is -2.28. The summed E-state index contributed by atoms with van der Waals surface area (Å²) < 4.78 is 16.6. The first-order chi connectivity index (χ1) is 16.1. The molecule has 1 saturated heterocycles. The molecule has 0 aliphatic carbocycles. The zero-order valence-electron chi connectivity index (χ0n) is 18.4. The Morgan fingerprint density at radius 3 is 2.21 bits per heavy atom. The molecule has 1 fully saturated rings. The van der Waals surface area contributed by atoms with Crippen LogP contribution in [0.5, 0.6) is 23.0 Å². The summed E-state index contributed by atoms with van der Waals surface area (Å²) in [6, 6.07) is 20.2. The SMILES string of the molecule is COc1ccc(N2C[C@@H](NC(=O)C3c4ccccc4Oc4ccccc43)CC2=O)cc1OC. The Hall–Kier alpha value is -4.00. The van der Waals surface area contributed by atoms with Crippen LogP contribution in [0.15, 0.2) is 66.7 Å². The quantitative estimate of drug-likeness (QED) is 0.647. The highest BCUT2D eigenvalue weighted by Gasteiger charge is 2.37. The van der Waals surface area contributed by atoms with E-state index in [-0.39, 0.29) is 24.3 Å². The summed E-state index contributed by atoms with van der Waals surface area (Å²) in [7, 11) is 3.12. The molecular formula is C26H24N2O5. The summed E-state index contributed by atoms with van der Waals surface area (Å²) in [5, 5.41) is 3.10. The predicted molar refractivity (Wildman–Crippen MR) is 123 cm³/mol. The highest BCUT2D eigenvalue weighted by atomic mass is 16.5. The summed E-state index contributed by atoms with van der Waals surface area (Å²) in [5.41, 5.74) is 2.33. The molecule has 2 aliphatic rings. The number of ether oxygens (including phenoxy) is 3. The van der Waals surface area contributed by atoms with Crippen LogP contribution in [0, 0.1) is 0 Å². The Bertz CT molecular complexity index is 1180. The molecular weight excluding hydrogens is 420 g/mol. The first-order valence-electron chi connectivity index (χ1n) is 10.8. The molecule has 1 N–H and O–H groups in total. The average molecular weight is 444 g/mol. The van der Waals surface area contributed by atoms with Crippen molar-refractivity contribution in [2.24, 2.45) is 0 Å². The van der Waals surface area contributed by atoms with Crippen molar-refractivity contribution >= 4 is 17.5 Å². The molecule has 0 bridgehead atoms. The van der Waals surface area contributed by atoms with Crippen LogP contribution in [0.3, 0.4) is 0 Å². The van der Waals surface area contributed by atoms with Gasteiger partial charge in [-0.15, -0.1) is 0 Å². The second-order valence-electron chi connectivity index (χ2n) is 8.06. The highest BCUT2D eigenvalue weighted by Crippen LogP contribution is 2.44. The number of para-hydroxylation sites is 2. The third-order valence-electron chi connectivity index (χ3n) is 6.09. The summed E-state index contributed by atoms with van der Waals surface area (Å²) in [6.45, 7) is 0.382. The Balaban J connectivity index is 1.37. The maximum atomic E-state index is 13.5. The van der Waals surface area contributed by atoms with E-state index < -0.39 is 5.92 Å². The van der Waals surface area contributed by atoms with Crippen LogP contribution in [-0.4, -0.2) is 38.6 Å². The zero-order valence-corrected chi connectivity index (χ0v) is 18.4. The molecule has 7 nitrogen and oxygen atoms in total. The summed E-state index contributed by atoms with van der Waals surface area (Å²) in [6.07, 6.45) is 0.229. The first-order valence-corrected chi connectivity index (χ1v) is 10.8. The lowest BCUT2D eigenvalue weighted by atomic mass is 9.87. The van der Waals surface area contributed by atoms with Gasteiger partial charge in [0, 0.05) is 35.8 Å². The van der Waals surface area contributed by atoms with Gasteiger partial charge in [0.15, 0.2) is 11.5 Å². The highest BCUT2D eigenvalue weighted by molar-refractivity contribution is 5.98. The summed E-state index contributed by atoms with van der Waals surface area (Å²) >= 11 is 0. The number of carbonyl (C=O) groups excluding carboxylic acids is 2. The van der Waals surface area contributed by atoms with Gasteiger partial charge >= 0.3 is 0 Å². The van der Waals surface area contributed by atoms with Crippen molar-refractivity contribution in [1.29, 1.82) is 0 Å². The summed E-state index contributed by atoms with van der Waals surface area (Å²) in [5.74, 6) is 1.78. The van der Waals surface area contributed by atoms with E-state index >= 15 is 0 Å². The number of benzene rings is 3. The van der Waals surface area contributed by atoms with Crippen LogP contribution in [-0.2, 0) is 9.59 Å². The fourth-order valence-electron chi connectivity index (χ4n) is 4.52. The second-order valence-corrected chi connectivity index (χ2v) is 8.06. The molecule has 2 heterocycles. The molecule has 168 valence electrons. The number of fused-ring (bicyclic) bond motifs is 2. The van der Waals surface area contributed by atoms with Crippen molar-refractivity contribution < 1.29 is 23.8 Å². The van der Waals surface area contributed by atoms with Gasteiger partial charge in [0.25, 0.3) is 0 Å². The molecule has 0 aromatic heterocycles. The molecule has 33 heavy (non-hydrogen) atoms. The second kappa shape index (κ2) is 8.50. The van der Waals surface area contributed by atoms with Gasteiger partial charge in [-0.25, -0.2) is 0 Å². The largest absolute Gasteiger partial charge is 0.493 e. The Kier molecular flexibility index (Phi) is 5.38. The molecule has 3 aromatic carbocycles. The van der Waals surface area contributed by atoms with Crippen molar-refractivity contribution in [3.8, 4) is 23.0 Å². The molecule has 5 rings (SSSR count). The zero-order chi connectivity index (χ0) is 22.9. The fourth-order valence-corrected chi connectivity index (χ4v) is 4.52. The number of hydrogen-bond acceptors (Lipinski definition) is 5.